The largest absolute Gasteiger partial charge is 0.480 e. The number of carbonyl (C=O) groups excluding carboxylic acids is 1. The van der Waals surface area contributed by atoms with E-state index in [-0.39, 0.29) is 5.92 Å². The third-order valence-corrected chi connectivity index (χ3v) is 3.66. The summed E-state index contributed by atoms with van der Waals surface area (Å²) in [6.45, 7) is 8.23. The summed E-state index contributed by atoms with van der Waals surface area (Å²) in [5, 5.41) is 16.8. The van der Waals surface area contributed by atoms with Gasteiger partial charge in [-0.15, -0.1) is 0 Å². The molecule has 1 atom stereocenters. The van der Waals surface area contributed by atoms with Crippen LogP contribution in [0.4, 0.5) is 0 Å². The predicted octanol–water partition coefficient (Wildman–Crippen LogP) is 1.99. The molecule has 0 aliphatic carbocycles. The number of hydrogen-bond donors (Lipinski definition) is 2. The van der Waals surface area contributed by atoms with Crippen LogP contribution in [0.5, 0.6) is 0 Å². The topological polar surface area (TPSA) is 97.1 Å². The minimum absolute atomic E-state index is 0.167. The van der Waals surface area contributed by atoms with Gasteiger partial charge in [-0.25, -0.2) is 14.5 Å². The summed E-state index contributed by atoms with van der Waals surface area (Å²) in [6.07, 6.45) is 2.04. The second-order valence-electron chi connectivity index (χ2n) is 5.99. The van der Waals surface area contributed by atoms with Crippen LogP contribution in [0.25, 0.3) is 11.0 Å². The molecule has 0 spiro atoms. The Morgan fingerprint density at radius 3 is 2.65 bits per heavy atom. The molecule has 0 saturated carbocycles. The zero-order valence-corrected chi connectivity index (χ0v) is 13.8. The fourth-order valence-corrected chi connectivity index (χ4v) is 2.49. The van der Waals surface area contributed by atoms with Crippen LogP contribution >= 0.6 is 0 Å². The van der Waals surface area contributed by atoms with Gasteiger partial charge in [0, 0.05) is 11.9 Å². The lowest BCUT2D eigenvalue weighted by Gasteiger charge is -2.17. The first kappa shape index (κ1) is 16.9. The van der Waals surface area contributed by atoms with Crippen LogP contribution < -0.4 is 5.32 Å². The van der Waals surface area contributed by atoms with Crippen LogP contribution in [-0.2, 0) is 11.3 Å². The number of pyridine rings is 1. The molecule has 0 bridgehead atoms. The van der Waals surface area contributed by atoms with Crippen molar-refractivity contribution < 1.29 is 14.7 Å². The lowest BCUT2D eigenvalue weighted by molar-refractivity contribution is -0.139. The third kappa shape index (κ3) is 3.67. The number of aromatic nitrogens is 3. The van der Waals surface area contributed by atoms with Crippen molar-refractivity contribution >= 4 is 22.9 Å². The van der Waals surface area contributed by atoms with E-state index < -0.39 is 17.9 Å². The van der Waals surface area contributed by atoms with Crippen LogP contribution in [0.15, 0.2) is 12.3 Å². The lowest BCUT2D eigenvalue weighted by Crippen LogP contribution is -2.41. The first-order valence-corrected chi connectivity index (χ1v) is 7.70. The molecule has 1 unspecified atom stereocenters. The van der Waals surface area contributed by atoms with E-state index in [9.17, 15) is 14.7 Å². The molecular formula is C16H22N4O3. The summed E-state index contributed by atoms with van der Waals surface area (Å²) in [5.41, 5.74) is 1.65. The summed E-state index contributed by atoms with van der Waals surface area (Å²) in [4.78, 5) is 28.2. The Morgan fingerprint density at radius 1 is 1.39 bits per heavy atom. The zero-order chi connectivity index (χ0) is 17.1. The molecule has 0 aliphatic rings. The monoisotopic (exact) mass is 318 g/mol. The van der Waals surface area contributed by atoms with Crippen molar-refractivity contribution in [3.8, 4) is 0 Å². The average molecular weight is 318 g/mol. The summed E-state index contributed by atoms with van der Waals surface area (Å²) in [6, 6.07) is 0.802. The molecule has 2 aromatic rings. The van der Waals surface area contributed by atoms with Gasteiger partial charge in [0.1, 0.15) is 6.04 Å². The fraction of sp³-hybridized carbons (Fsp3) is 0.500. The Bertz CT molecular complexity index is 736. The van der Waals surface area contributed by atoms with E-state index in [0.29, 0.717) is 24.2 Å². The summed E-state index contributed by atoms with van der Waals surface area (Å²) >= 11 is 0. The lowest BCUT2D eigenvalue weighted by atomic mass is 10.0. The number of rotatable bonds is 6. The minimum Gasteiger partial charge on any atom is -0.480 e. The number of aliphatic carboxylic acids is 1. The van der Waals surface area contributed by atoms with E-state index in [1.165, 1.54) is 0 Å². The number of carbonyl (C=O) groups is 2. The minimum atomic E-state index is -1.03. The van der Waals surface area contributed by atoms with Crippen molar-refractivity contribution in [1.29, 1.82) is 0 Å². The summed E-state index contributed by atoms with van der Waals surface area (Å²) < 4.78 is 1.75. The van der Waals surface area contributed by atoms with Gasteiger partial charge in [0.15, 0.2) is 5.65 Å². The molecule has 2 aromatic heterocycles. The van der Waals surface area contributed by atoms with Crippen molar-refractivity contribution in [1.82, 2.24) is 20.1 Å². The highest BCUT2D eigenvalue weighted by atomic mass is 16.4. The molecule has 2 rings (SSSR count). The van der Waals surface area contributed by atoms with E-state index in [2.05, 4.69) is 15.4 Å². The van der Waals surface area contributed by atoms with Gasteiger partial charge >= 0.3 is 5.97 Å². The number of carboxylic acids is 1. The molecule has 0 aliphatic heterocycles. The van der Waals surface area contributed by atoms with E-state index in [0.717, 1.165) is 11.0 Å². The van der Waals surface area contributed by atoms with Crippen LogP contribution in [0.1, 0.15) is 43.2 Å². The first-order valence-electron chi connectivity index (χ1n) is 7.70. The quantitative estimate of drug-likeness (QED) is 0.849. The molecule has 7 heteroatoms. The predicted molar refractivity (Wildman–Crippen MR) is 86.3 cm³/mol. The number of hydrogen-bond acceptors (Lipinski definition) is 4. The molecule has 0 aromatic carbocycles. The van der Waals surface area contributed by atoms with Gasteiger partial charge in [-0.3, -0.25) is 4.79 Å². The number of aryl methyl sites for hydroxylation is 2. The normalized spacial score (nSPS) is 12.6. The van der Waals surface area contributed by atoms with Crippen molar-refractivity contribution in [3.05, 3.63) is 23.5 Å². The van der Waals surface area contributed by atoms with Crippen molar-refractivity contribution in [2.24, 2.45) is 5.92 Å². The van der Waals surface area contributed by atoms with Crippen molar-refractivity contribution in [2.75, 3.05) is 0 Å². The molecule has 0 radical (unpaired) electrons. The maximum atomic E-state index is 12.4. The second-order valence-corrected chi connectivity index (χ2v) is 5.99. The molecule has 23 heavy (non-hydrogen) atoms. The highest BCUT2D eigenvalue weighted by Crippen LogP contribution is 2.17. The second kappa shape index (κ2) is 6.76. The number of amides is 1. The van der Waals surface area contributed by atoms with E-state index in [1.807, 2.05) is 20.8 Å². The van der Waals surface area contributed by atoms with Gasteiger partial charge < -0.3 is 10.4 Å². The molecule has 1 amide bonds. The fourth-order valence-electron chi connectivity index (χ4n) is 2.49. The number of nitrogens with zero attached hydrogens (tertiary/aromatic N) is 3. The van der Waals surface area contributed by atoms with Crippen LogP contribution in [0.2, 0.25) is 0 Å². The van der Waals surface area contributed by atoms with Crippen LogP contribution in [0, 0.1) is 12.8 Å². The van der Waals surface area contributed by atoms with Gasteiger partial charge in [0.25, 0.3) is 5.91 Å². The summed E-state index contributed by atoms with van der Waals surface area (Å²) in [7, 11) is 0. The molecule has 2 N–H and O–H groups in total. The number of nitrogens with one attached hydrogen (secondary N) is 1. The molecular weight excluding hydrogens is 296 g/mol. The number of fused-ring (bicyclic) bond motifs is 1. The van der Waals surface area contributed by atoms with Crippen LogP contribution in [0.3, 0.4) is 0 Å². The smallest absolute Gasteiger partial charge is 0.326 e. The van der Waals surface area contributed by atoms with E-state index in [1.54, 1.807) is 23.9 Å². The molecule has 124 valence electrons. The Morgan fingerprint density at radius 2 is 2.09 bits per heavy atom. The van der Waals surface area contributed by atoms with Gasteiger partial charge in [0.2, 0.25) is 0 Å². The van der Waals surface area contributed by atoms with Gasteiger partial charge in [-0.2, -0.15) is 5.10 Å². The average Bonchev–Trinajstić information content (AvgIpc) is 2.86. The van der Waals surface area contributed by atoms with Gasteiger partial charge in [-0.05, 0) is 32.3 Å². The third-order valence-electron chi connectivity index (χ3n) is 3.66. The molecule has 0 saturated heterocycles. The Kier molecular flexibility index (Phi) is 4.98. The standard InChI is InChI=1S/C16H22N4O3/c1-5-20-14-11(8-17-20)7-12(10(4)18-14)15(21)19-13(16(22)23)6-9(2)3/h7-9,13H,5-6H2,1-4H3,(H,19,21)(H,22,23). The van der Waals surface area contributed by atoms with Crippen LogP contribution in [-0.4, -0.2) is 37.8 Å². The van der Waals surface area contributed by atoms with Gasteiger partial charge in [0.05, 0.1) is 17.5 Å². The Hall–Kier alpha value is -2.44. The van der Waals surface area contributed by atoms with Gasteiger partial charge in [-0.1, -0.05) is 13.8 Å². The van der Waals surface area contributed by atoms with Crippen molar-refractivity contribution in [3.63, 3.8) is 0 Å². The Balaban J connectivity index is 2.29. The first-order chi connectivity index (χ1) is 10.8. The maximum Gasteiger partial charge on any atom is 0.326 e. The Labute approximate surface area is 134 Å². The summed E-state index contributed by atoms with van der Waals surface area (Å²) in [5.74, 6) is -1.28. The van der Waals surface area contributed by atoms with E-state index >= 15 is 0 Å². The van der Waals surface area contributed by atoms with Crippen molar-refractivity contribution in [2.45, 2.75) is 46.7 Å². The zero-order valence-electron chi connectivity index (χ0n) is 13.8. The maximum absolute atomic E-state index is 12.4. The molecule has 0 fully saturated rings. The van der Waals surface area contributed by atoms with E-state index in [4.69, 9.17) is 0 Å². The molecule has 2 heterocycles. The molecule has 7 nitrogen and oxygen atoms in total. The highest BCUT2D eigenvalue weighted by molar-refractivity contribution is 5.99. The SMILES string of the molecule is CCn1ncc2cc(C(=O)NC(CC(C)C)C(=O)O)c(C)nc21. The number of carboxylic acid groups (broad SMARTS) is 1. The highest BCUT2D eigenvalue weighted by Gasteiger charge is 2.23.